The van der Waals surface area contributed by atoms with Crippen LogP contribution in [0.4, 0.5) is 0 Å². The Balaban J connectivity index is 3.19. The van der Waals surface area contributed by atoms with Crippen molar-refractivity contribution in [3.63, 3.8) is 0 Å². The standard InChI is InChI=1S/C25H44N4/c1-7-13-21(5)25(27-9-3)24(8-2)29(17-12-10-11-16-26)19-23-18-20(4)14-15-22(6)28-23/h9,14-15,18,22,24H,7-8,10-13,16-17,19,26H2,1-6H3/b25-21+,27-9?. The molecule has 1 rings (SSSR count). The number of allylic oxidation sites excluding steroid dienone is 3. The van der Waals surface area contributed by atoms with E-state index in [1.54, 1.807) is 0 Å². The summed E-state index contributed by atoms with van der Waals surface area (Å²) in [6, 6.07) is 0.543. The molecule has 0 radical (unpaired) electrons. The lowest BCUT2D eigenvalue weighted by atomic mass is 10.0. The van der Waals surface area contributed by atoms with E-state index in [-0.39, 0.29) is 6.04 Å². The average molecular weight is 401 g/mol. The summed E-state index contributed by atoms with van der Waals surface area (Å²) in [6.07, 6.45) is 15.3. The zero-order chi connectivity index (χ0) is 21.6. The number of hydrogen-bond donors (Lipinski definition) is 1. The Bertz CT molecular complexity index is 625. The first-order valence-electron chi connectivity index (χ1n) is 11.5. The highest BCUT2D eigenvalue weighted by molar-refractivity contribution is 5.98. The van der Waals surface area contributed by atoms with Crippen LogP contribution in [0.2, 0.25) is 0 Å². The zero-order valence-electron chi connectivity index (χ0n) is 19.7. The largest absolute Gasteiger partial charge is 0.330 e. The summed E-state index contributed by atoms with van der Waals surface area (Å²) in [5, 5.41) is 0. The smallest absolute Gasteiger partial charge is 0.0658 e. The van der Waals surface area contributed by atoms with E-state index in [4.69, 9.17) is 15.7 Å². The Kier molecular flexibility index (Phi) is 12.7. The van der Waals surface area contributed by atoms with Crippen LogP contribution in [0, 0.1) is 0 Å². The van der Waals surface area contributed by atoms with Crippen molar-refractivity contribution >= 4 is 11.9 Å². The SMILES string of the molecule is CC=N/C(=C(\C)CCC)C(CC)N(CCCCCN)CC1=NC(C)C=CC(C)=C1. The first kappa shape index (κ1) is 25.5. The van der Waals surface area contributed by atoms with Crippen LogP contribution in [-0.4, -0.2) is 48.5 Å². The molecule has 2 N–H and O–H groups in total. The molecule has 4 heteroatoms. The fraction of sp³-hybridized carbons (Fsp3) is 0.680. The molecule has 4 nitrogen and oxygen atoms in total. The molecule has 0 bridgehead atoms. The molecule has 1 aliphatic rings. The van der Waals surface area contributed by atoms with Crippen molar-refractivity contribution in [1.82, 2.24) is 4.90 Å². The first-order chi connectivity index (χ1) is 14.0. The molecule has 0 aromatic rings. The van der Waals surface area contributed by atoms with Gasteiger partial charge in [0.15, 0.2) is 0 Å². The molecule has 0 aromatic carbocycles. The molecule has 0 saturated heterocycles. The van der Waals surface area contributed by atoms with Gasteiger partial charge in [0.05, 0.1) is 17.8 Å². The second kappa shape index (κ2) is 14.5. The molecule has 0 amide bonds. The van der Waals surface area contributed by atoms with Crippen molar-refractivity contribution < 1.29 is 0 Å². The molecule has 0 saturated carbocycles. The van der Waals surface area contributed by atoms with Crippen LogP contribution in [0.1, 0.15) is 80.1 Å². The third-order valence-electron chi connectivity index (χ3n) is 5.39. The van der Waals surface area contributed by atoms with Gasteiger partial charge < -0.3 is 5.73 Å². The minimum atomic E-state index is 0.225. The molecule has 2 unspecified atom stereocenters. The van der Waals surface area contributed by atoms with E-state index in [1.165, 1.54) is 29.0 Å². The van der Waals surface area contributed by atoms with E-state index in [9.17, 15) is 0 Å². The van der Waals surface area contributed by atoms with Crippen LogP contribution in [0.5, 0.6) is 0 Å². The van der Waals surface area contributed by atoms with Crippen molar-refractivity contribution in [3.8, 4) is 0 Å². The Morgan fingerprint density at radius 3 is 2.69 bits per heavy atom. The third-order valence-corrected chi connectivity index (χ3v) is 5.39. The first-order valence-corrected chi connectivity index (χ1v) is 11.5. The van der Waals surface area contributed by atoms with E-state index in [2.05, 4.69) is 57.7 Å². The summed E-state index contributed by atoms with van der Waals surface area (Å²) in [7, 11) is 0. The van der Waals surface area contributed by atoms with Gasteiger partial charge in [0.25, 0.3) is 0 Å². The van der Waals surface area contributed by atoms with Crippen LogP contribution >= 0.6 is 0 Å². The number of aliphatic imine (C=N–C) groups is 2. The second-order valence-electron chi connectivity index (χ2n) is 8.16. The van der Waals surface area contributed by atoms with Gasteiger partial charge in [0, 0.05) is 18.5 Å². The fourth-order valence-electron chi connectivity index (χ4n) is 3.97. The molecule has 0 fully saturated rings. The highest BCUT2D eigenvalue weighted by Gasteiger charge is 2.23. The second-order valence-corrected chi connectivity index (χ2v) is 8.16. The average Bonchev–Trinajstić information content (AvgIpc) is 2.84. The van der Waals surface area contributed by atoms with E-state index >= 15 is 0 Å². The van der Waals surface area contributed by atoms with Gasteiger partial charge >= 0.3 is 0 Å². The van der Waals surface area contributed by atoms with Crippen molar-refractivity contribution in [3.05, 3.63) is 35.1 Å². The molecule has 0 spiro atoms. The Morgan fingerprint density at radius 1 is 1.31 bits per heavy atom. The van der Waals surface area contributed by atoms with Crippen LogP contribution in [-0.2, 0) is 0 Å². The molecule has 29 heavy (non-hydrogen) atoms. The van der Waals surface area contributed by atoms with Gasteiger partial charge in [-0.05, 0) is 78.1 Å². The third kappa shape index (κ3) is 9.22. The van der Waals surface area contributed by atoms with Crippen LogP contribution in [0.25, 0.3) is 0 Å². The molecule has 0 aromatic heterocycles. The Morgan fingerprint density at radius 2 is 2.07 bits per heavy atom. The minimum absolute atomic E-state index is 0.225. The lowest BCUT2D eigenvalue weighted by Gasteiger charge is -2.33. The van der Waals surface area contributed by atoms with E-state index in [0.29, 0.717) is 6.04 Å². The van der Waals surface area contributed by atoms with Gasteiger partial charge in [-0.2, -0.15) is 0 Å². The van der Waals surface area contributed by atoms with Gasteiger partial charge in [0.1, 0.15) is 0 Å². The number of hydrogen-bond acceptors (Lipinski definition) is 4. The van der Waals surface area contributed by atoms with E-state index in [1.807, 2.05) is 13.1 Å². The number of rotatable bonds is 13. The normalized spacial score (nSPS) is 19.2. The Labute approximate surface area is 179 Å². The number of unbranched alkanes of at least 4 members (excludes halogenated alkanes) is 2. The highest BCUT2D eigenvalue weighted by atomic mass is 15.2. The maximum atomic E-state index is 5.72. The molecule has 1 aliphatic heterocycles. The van der Waals surface area contributed by atoms with Gasteiger partial charge in [-0.3, -0.25) is 14.9 Å². The summed E-state index contributed by atoms with van der Waals surface area (Å²) in [4.78, 5) is 12.4. The predicted octanol–water partition coefficient (Wildman–Crippen LogP) is 5.71. The van der Waals surface area contributed by atoms with Crippen molar-refractivity contribution in [1.29, 1.82) is 0 Å². The summed E-state index contributed by atoms with van der Waals surface area (Å²) in [6.45, 7) is 15.8. The number of nitrogens with two attached hydrogens (primary N) is 1. The van der Waals surface area contributed by atoms with E-state index < -0.39 is 0 Å². The maximum Gasteiger partial charge on any atom is 0.0658 e. The molecule has 164 valence electrons. The van der Waals surface area contributed by atoms with Gasteiger partial charge in [-0.25, -0.2) is 0 Å². The van der Waals surface area contributed by atoms with Gasteiger partial charge in [-0.15, -0.1) is 0 Å². The lowest BCUT2D eigenvalue weighted by Crippen LogP contribution is -2.40. The molecule has 0 aliphatic carbocycles. The summed E-state index contributed by atoms with van der Waals surface area (Å²) < 4.78 is 0. The van der Waals surface area contributed by atoms with Crippen molar-refractivity contribution in [2.45, 2.75) is 92.2 Å². The topological polar surface area (TPSA) is 54.0 Å². The number of nitrogens with zero attached hydrogens (tertiary/aromatic N) is 3. The van der Waals surface area contributed by atoms with Crippen molar-refractivity contribution in [2.75, 3.05) is 19.6 Å². The lowest BCUT2D eigenvalue weighted by molar-refractivity contribution is 0.238. The minimum Gasteiger partial charge on any atom is -0.330 e. The highest BCUT2D eigenvalue weighted by Crippen LogP contribution is 2.23. The van der Waals surface area contributed by atoms with Gasteiger partial charge in [0.2, 0.25) is 0 Å². The van der Waals surface area contributed by atoms with Crippen molar-refractivity contribution in [2.24, 2.45) is 15.7 Å². The predicted molar refractivity (Wildman–Crippen MR) is 130 cm³/mol. The van der Waals surface area contributed by atoms with Crippen LogP contribution in [0.3, 0.4) is 0 Å². The molecular formula is C25H44N4. The fourth-order valence-corrected chi connectivity index (χ4v) is 3.97. The maximum absolute atomic E-state index is 5.72. The molecular weight excluding hydrogens is 356 g/mol. The van der Waals surface area contributed by atoms with Crippen LogP contribution < -0.4 is 5.73 Å². The quantitative estimate of drug-likeness (QED) is 0.318. The van der Waals surface area contributed by atoms with Gasteiger partial charge in [-0.1, -0.05) is 44.4 Å². The molecule has 2 atom stereocenters. The monoisotopic (exact) mass is 400 g/mol. The molecule has 1 heterocycles. The van der Waals surface area contributed by atoms with E-state index in [0.717, 1.165) is 51.7 Å². The summed E-state index contributed by atoms with van der Waals surface area (Å²) in [5.41, 5.74) is 10.8. The summed E-state index contributed by atoms with van der Waals surface area (Å²) in [5.74, 6) is 0. The Hall–Kier alpha value is -1.52. The zero-order valence-corrected chi connectivity index (χ0v) is 19.7. The summed E-state index contributed by atoms with van der Waals surface area (Å²) >= 11 is 0. The van der Waals surface area contributed by atoms with Crippen LogP contribution in [0.15, 0.2) is 45.1 Å².